The average Bonchev–Trinajstić information content (AvgIpc) is 3.70. The van der Waals surface area contributed by atoms with E-state index in [0.717, 1.165) is 60.3 Å². The first kappa shape index (κ1) is 27.6. The molecule has 2 aliphatic heterocycles. The predicted octanol–water partition coefficient (Wildman–Crippen LogP) is 5.39. The molecule has 9 nitrogen and oxygen atoms in total. The number of aryl methyl sites for hydroxylation is 2. The van der Waals surface area contributed by atoms with Crippen LogP contribution in [0.25, 0.3) is 33.5 Å². The molecule has 5 aromatic rings. The number of imidazole rings is 1. The van der Waals surface area contributed by atoms with Gasteiger partial charge in [0.1, 0.15) is 17.4 Å². The van der Waals surface area contributed by atoms with E-state index in [1.165, 1.54) is 23.3 Å². The van der Waals surface area contributed by atoms with E-state index in [2.05, 4.69) is 50.8 Å². The molecule has 1 saturated heterocycles. The Morgan fingerprint density at radius 3 is 2.67 bits per heavy atom. The summed E-state index contributed by atoms with van der Waals surface area (Å²) in [5, 5.41) is 5.80. The van der Waals surface area contributed by atoms with Crippen LogP contribution >= 0.6 is 0 Å². The van der Waals surface area contributed by atoms with Gasteiger partial charge in [0.2, 0.25) is 0 Å². The highest BCUT2D eigenvalue weighted by Gasteiger charge is 2.30. The van der Waals surface area contributed by atoms with Crippen molar-refractivity contribution in [1.82, 2.24) is 28.8 Å². The van der Waals surface area contributed by atoms with Gasteiger partial charge >= 0.3 is 0 Å². The van der Waals surface area contributed by atoms with Crippen molar-refractivity contribution in [3.05, 3.63) is 66.0 Å². The lowest BCUT2D eigenvalue weighted by atomic mass is 10.0. The van der Waals surface area contributed by atoms with Crippen molar-refractivity contribution in [1.29, 1.82) is 0 Å². The number of nitrogens with zero attached hydrogens (tertiary/aromatic N) is 6. The molecule has 2 aliphatic rings. The van der Waals surface area contributed by atoms with Crippen molar-refractivity contribution in [2.45, 2.75) is 70.4 Å². The number of likely N-dealkylation sites (tertiary alicyclic amines) is 1. The number of carbonyl (C=O) groups is 1. The number of methoxy groups -OCH3 is 1. The van der Waals surface area contributed by atoms with Crippen LogP contribution in [-0.4, -0.2) is 67.1 Å². The number of rotatable bonds is 2. The van der Waals surface area contributed by atoms with Crippen LogP contribution in [-0.2, 0) is 19.6 Å². The van der Waals surface area contributed by atoms with E-state index < -0.39 is 6.17 Å². The molecule has 2 aromatic carbocycles. The molecule has 5 heterocycles. The Morgan fingerprint density at radius 1 is 1.02 bits per heavy atom. The molecule has 10 heteroatoms. The summed E-state index contributed by atoms with van der Waals surface area (Å²) in [5.41, 5.74) is 11.2. The summed E-state index contributed by atoms with van der Waals surface area (Å²) in [6, 6.07) is 13.8. The molecule has 7 rings (SSSR count). The Balaban J connectivity index is 1.41. The first-order valence-corrected chi connectivity index (χ1v) is 15.4. The number of halogens is 1. The van der Waals surface area contributed by atoms with Gasteiger partial charge in [-0.15, -0.1) is 0 Å². The van der Waals surface area contributed by atoms with Crippen molar-refractivity contribution in [2.75, 3.05) is 20.2 Å². The second-order valence-corrected chi connectivity index (χ2v) is 12.0. The normalized spacial score (nSPS) is 19.9. The number of para-hydroxylation sites is 1. The number of fused-ring (bicyclic) bond motifs is 9. The minimum Gasteiger partial charge on any atom is -0.494 e. The number of hydrogen-bond donors (Lipinski definition) is 1. The summed E-state index contributed by atoms with van der Waals surface area (Å²) in [4.78, 5) is 20.3. The molecule has 224 valence electrons. The van der Waals surface area contributed by atoms with Crippen molar-refractivity contribution < 1.29 is 13.9 Å². The van der Waals surface area contributed by atoms with E-state index in [0.29, 0.717) is 29.9 Å². The second-order valence-electron chi connectivity index (χ2n) is 12.0. The van der Waals surface area contributed by atoms with E-state index in [1.807, 2.05) is 16.9 Å². The molecular formula is C33H38FN7O2. The maximum atomic E-state index is 14.4. The van der Waals surface area contributed by atoms with E-state index in [4.69, 9.17) is 15.5 Å². The quantitative estimate of drug-likeness (QED) is 0.301. The Kier molecular flexibility index (Phi) is 7.38. The van der Waals surface area contributed by atoms with Crippen LogP contribution in [0.5, 0.6) is 5.75 Å². The number of ether oxygens (including phenoxy) is 1. The van der Waals surface area contributed by atoms with Gasteiger partial charge in [-0.05, 0) is 43.5 Å². The monoisotopic (exact) mass is 583 g/mol. The van der Waals surface area contributed by atoms with Gasteiger partial charge in [0.15, 0.2) is 5.82 Å². The summed E-state index contributed by atoms with van der Waals surface area (Å²) < 4.78 is 26.9. The van der Waals surface area contributed by atoms with E-state index in [9.17, 15) is 9.18 Å². The molecule has 0 radical (unpaired) electrons. The molecule has 1 amide bonds. The Labute approximate surface area is 250 Å². The summed E-state index contributed by atoms with van der Waals surface area (Å²) in [7, 11) is 1.61. The molecular weight excluding hydrogens is 545 g/mol. The summed E-state index contributed by atoms with van der Waals surface area (Å²) >= 11 is 0. The first-order chi connectivity index (χ1) is 21.0. The average molecular weight is 584 g/mol. The number of alkyl halides is 1. The minimum atomic E-state index is -1.13. The maximum Gasteiger partial charge on any atom is 0.254 e. The van der Waals surface area contributed by atoms with Gasteiger partial charge in [0, 0.05) is 53.9 Å². The largest absolute Gasteiger partial charge is 0.494 e. The lowest BCUT2D eigenvalue weighted by Crippen LogP contribution is -2.50. The van der Waals surface area contributed by atoms with E-state index in [1.54, 1.807) is 13.2 Å². The fourth-order valence-electron chi connectivity index (χ4n) is 6.78. The van der Waals surface area contributed by atoms with Gasteiger partial charge in [0.05, 0.1) is 37.6 Å². The molecule has 0 saturated carbocycles. The van der Waals surface area contributed by atoms with Crippen molar-refractivity contribution in [3.63, 3.8) is 0 Å². The maximum absolute atomic E-state index is 14.4. The topological polar surface area (TPSA) is 96.1 Å². The fourth-order valence-corrected chi connectivity index (χ4v) is 6.78. The highest BCUT2D eigenvalue weighted by atomic mass is 19.1. The molecule has 0 spiro atoms. The number of piperidine rings is 1. The Morgan fingerprint density at radius 2 is 1.84 bits per heavy atom. The zero-order valence-corrected chi connectivity index (χ0v) is 24.6. The number of nitrogens with two attached hydrogens (primary N) is 1. The SMILES string of the molecule is COc1cc(C(=O)N2C[C@H](N)C[C@@H](F)C2)cc2nc3n(c12)Cc1cnn(c1)CCCCCCCn1c-3cc2ccccc21. The van der Waals surface area contributed by atoms with Gasteiger partial charge in [-0.1, -0.05) is 37.5 Å². The van der Waals surface area contributed by atoms with Crippen LogP contribution in [0, 0.1) is 0 Å². The van der Waals surface area contributed by atoms with Gasteiger partial charge in [0.25, 0.3) is 5.91 Å². The molecule has 2 bridgehead atoms. The van der Waals surface area contributed by atoms with Crippen LogP contribution in [0.15, 0.2) is 54.9 Å². The van der Waals surface area contributed by atoms with Crippen molar-refractivity contribution in [3.8, 4) is 17.3 Å². The smallest absolute Gasteiger partial charge is 0.254 e. The van der Waals surface area contributed by atoms with E-state index >= 15 is 0 Å². The second kappa shape index (κ2) is 11.5. The van der Waals surface area contributed by atoms with Gasteiger partial charge in [-0.3, -0.25) is 9.48 Å². The first-order valence-electron chi connectivity index (χ1n) is 15.4. The van der Waals surface area contributed by atoms with Crippen molar-refractivity contribution in [2.24, 2.45) is 5.73 Å². The summed E-state index contributed by atoms with van der Waals surface area (Å²) in [5.74, 6) is 1.09. The zero-order valence-electron chi connectivity index (χ0n) is 24.6. The van der Waals surface area contributed by atoms with Crippen molar-refractivity contribution >= 4 is 27.8 Å². The van der Waals surface area contributed by atoms with Crippen LogP contribution < -0.4 is 10.5 Å². The third-order valence-corrected chi connectivity index (χ3v) is 8.83. The minimum absolute atomic E-state index is 0.0384. The lowest BCUT2D eigenvalue weighted by Gasteiger charge is -2.33. The summed E-state index contributed by atoms with van der Waals surface area (Å²) in [6.07, 6.45) is 8.90. The molecule has 1 fully saturated rings. The zero-order chi connectivity index (χ0) is 29.5. The molecule has 43 heavy (non-hydrogen) atoms. The van der Waals surface area contributed by atoms with E-state index in [-0.39, 0.29) is 24.9 Å². The third kappa shape index (κ3) is 5.29. The predicted molar refractivity (Wildman–Crippen MR) is 165 cm³/mol. The Bertz CT molecular complexity index is 1780. The highest BCUT2D eigenvalue weighted by Crippen LogP contribution is 2.36. The van der Waals surface area contributed by atoms with Crippen LogP contribution in [0.3, 0.4) is 0 Å². The standard InChI is InChI=1S/C33H38FN7O2/c1-43-30-15-24(33(42)38-20-25(34)16-26(35)21-38)13-27-31(30)41-19-22-17-36-39(18-22)11-7-3-2-4-8-12-40-28-10-6-5-9-23(28)14-29(40)32(41)37-27/h5-6,9-10,13-15,17-18,25-26H,2-4,7-8,11-12,16,19-21,35H2,1H3/t25-,26-/m1/s1. The number of benzene rings is 2. The van der Waals surface area contributed by atoms with Gasteiger partial charge < -0.3 is 24.5 Å². The van der Waals surface area contributed by atoms with Crippen LogP contribution in [0.4, 0.5) is 4.39 Å². The Hall–Kier alpha value is -4.18. The fraction of sp³-hybridized carbons (Fsp3) is 0.424. The number of aromatic nitrogens is 5. The molecule has 0 unspecified atom stereocenters. The van der Waals surface area contributed by atoms with Gasteiger partial charge in [-0.2, -0.15) is 5.10 Å². The number of hydrogen-bond acceptors (Lipinski definition) is 5. The molecule has 2 atom stereocenters. The van der Waals surface area contributed by atoms with Crippen LogP contribution in [0.2, 0.25) is 0 Å². The molecule has 0 aliphatic carbocycles. The van der Waals surface area contributed by atoms with Gasteiger partial charge in [-0.25, -0.2) is 9.37 Å². The summed E-state index contributed by atoms with van der Waals surface area (Å²) in [6.45, 7) is 2.70. The van der Waals surface area contributed by atoms with Crippen LogP contribution in [0.1, 0.15) is 54.4 Å². The lowest BCUT2D eigenvalue weighted by molar-refractivity contribution is 0.0606. The molecule has 3 aromatic heterocycles. The number of carbonyl (C=O) groups excluding carboxylic acids is 1. The third-order valence-electron chi connectivity index (χ3n) is 8.83. The number of amides is 1. The molecule has 2 N–H and O–H groups in total. The highest BCUT2D eigenvalue weighted by molar-refractivity contribution is 6.00.